The minimum Gasteiger partial charge on any atom is -0.480 e. The average Bonchev–Trinajstić information content (AvgIpc) is 3.05. The molecule has 0 spiro atoms. The summed E-state index contributed by atoms with van der Waals surface area (Å²) >= 11 is 0. The molecule has 0 aliphatic heterocycles. The molecule has 1 aliphatic rings. The van der Waals surface area contributed by atoms with E-state index in [2.05, 4.69) is 4.98 Å². The van der Waals surface area contributed by atoms with Crippen LogP contribution in [0, 0.1) is 0 Å². The molecule has 0 aromatic carbocycles. The standard InChI is InChI=1S/C14H18N2O4/c1-9(17)10-6-12(15-7-10)14(20)16(8-13(18)19)11-4-2-3-5-11/h6-7,11,15H,2-5,8H2,1H3,(H,18,19). The molecule has 1 saturated carbocycles. The van der Waals surface area contributed by atoms with Crippen LogP contribution in [-0.2, 0) is 4.79 Å². The number of aromatic nitrogens is 1. The second kappa shape index (κ2) is 5.90. The van der Waals surface area contributed by atoms with Gasteiger partial charge in [0.15, 0.2) is 5.78 Å². The van der Waals surface area contributed by atoms with Crippen LogP contribution >= 0.6 is 0 Å². The van der Waals surface area contributed by atoms with Crippen LogP contribution in [-0.4, -0.2) is 45.2 Å². The predicted octanol–water partition coefficient (Wildman–Crippen LogP) is 1.69. The Morgan fingerprint density at radius 1 is 1.35 bits per heavy atom. The second-order valence-corrected chi connectivity index (χ2v) is 5.12. The molecule has 0 bridgehead atoms. The summed E-state index contributed by atoms with van der Waals surface area (Å²) in [7, 11) is 0. The maximum atomic E-state index is 12.4. The molecule has 0 unspecified atom stereocenters. The molecule has 0 radical (unpaired) electrons. The number of carboxylic acid groups (broad SMARTS) is 1. The van der Waals surface area contributed by atoms with Gasteiger partial charge in [0.2, 0.25) is 0 Å². The minimum absolute atomic E-state index is 0.0253. The Bertz CT molecular complexity index is 529. The number of carbonyl (C=O) groups excluding carboxylic acids is 2. The largest absolute Gasteiger partial charge is 0.480 e. The van der Waals surface area contributed by atoms with Crippen LogP contribution in [0.3, 0.4) is 0 Å². The van der Waals surface area contributed by atoms with Crippen molar-refractivity contribution in [2.75, 3.05) is 6.54 Å². The van der Waals surface area contributed by atoms with E-state index in [1.165, 1.54) is 24.1 Å². The number of aliphatic carboxylic acids is 1. The van der Waals surface area contributed by atoms with Crippen molar-refractivity contribution in [3.05, 3.63) is 23.5 Å². The normalized spacial score (nSPS) is 15.2. The molecule has 1 amide bonds. The van der Waals surface area contributed by atoms with Gasteiger partial charge in [0, 0.05) is 17.8 Å². The van der Waals surface area contributed by atoms with Gasteiger partial charge in [0.05, 0.1) is 0 Å². The van der Waals surface area contributed by atoms with Crippen molar-refractivity contribution in [1.29, 1.82) is 0 Å². The van der Waals surface area contributed by atoms with E-state index in [-0.39, 0.29) is 30.0 Å². The Labute approximate surface area is 116 Å². The monoisotopic (exact) mass is 278 g/mol. The lowest BCUT2D eigenvalue weighted by atomic mass is 10.2. The molecule has 0 saturated heterocycles. The van der Waals surface area contributed by atoms with Crippen LogP contribution in [0.1, 0.15) is 53.5 Å². The lowest BCUT2D eigenvalue weighted by molar-refractivity contribution is -0.138. The topological polar surface area (TPSA) is 90.5 Å². The average molecular weight is 278 g/mol. The highest BCUT2D eigenvalue weighted by molar-refractivity contribution is 5.99. The third-order valence-corrected chi connectivity index (χ3v) is 3.65. The molecule has 2 rings (SSSR count). The van der Waals surface area contributed by atoms with Crippen LogP contribution < -0.4 is 0 Å². The first kappa shape index (κ1) is 14.3. The molecule has 1 aromatic heterocycles. The minimum atomic E-state index is -1.02. The lowest BCUT2D eigenvalue weighted by Gasteiger charge is -2.26. The first-order valence-electron chi connectivity index (χ1n) is 6.71. The van der Waals surface area contributed by atoms with Gasteiger partial charge in [-0.05, 0) is 25.8 Å². The smallest absolute Gasteiger partial charge is 0.323 e. The first-order valence-corrected chi connectivity index (χ1v) is 6.71. The summed E-state index contributed by atoms with van der Waals surface area (Å²) in [6.45, 7) is 1.11. The van der Waals surface area contributed by atoms with Crippen molar-refractivity contribution in [3.63, 3.8) is 0 Å². The van der Waals surface area contributed by atoms with E-state index >= 15 is 0 Å². The van der Waals surface area contributed by atoms with Crippen LogP contribution in [0.2, 0.25) is 0 Å². The van der Waals surface area contributed by atoms with Gasteiger partial charge in [0.1, 0.15) is 12.2 Å². The maximum absolute atomic E-state index is 12.4. The number of nitrogens with zero attached hydrogens (tertiary/aromatic N) is 1. The van der Waals surface area contributed by atoms with E-state index in [1.54, 1.807) is 0 Å². The van der Waals surface area contributed by atoms with E-state index < -0.39 is 5.97 Å². The molecule has 6 nitrogen and oxygen atoms in total. The van der Waals surface area contributed by atoms with Crippen LogP contribution in [0.25, 0.3) is 0 Å². The highest BCUT2D eigenvalue weighted by atomic mass is 16.4. The number of H-pyrrole nitrogens is 1. The third-order valence-electron chi connectivity index (χ3n) is 3.65. The summed E-state index contributed by atoms with van der Waals surface area (Å²) in [5.41, 5.74) is 0.693. The molecule has 1 aliphatic carbocycles. The molecule has 20 heavy (non-hydrogen) atoms. The summed E-state index contributed by atoms with van der Waals surface area (Å²) in [6.07, 6.45) is 5.16. The Kier molecular flexibility index (Phi) is 4.22. The van der Waals surface area contributed by atoms with Crippen molar-refractivity contribution >= 4 is 17.7 Å². The summed E-state index contributed by atoms with van der Waals surface area (Å²) in [5, 5.41) is 8.98. The molecule has 1 aromatic rings. The number of ketones is 1. The molecular weight excluding hydrogens is 260 g/mol. The van der Waals surface area contributed by atoms with Crippen LogP contribution in [0.15, 0.2) is 12.3 Å². The number of nitrogens with one attached hydrogen (secondary N) is 1. The third kappa shape index (κ3) is 3.07. The Morgan fingerprint density at radius 2 is 2.00 bits per heavy atom. The van der Waals surface area contributed by atoms with E-state index in [0.717, 1.165) is 25.7 Å². The summed E-state index contributed by atoms with van der Waals surface area (Å²) in [5.74, 6) is -1.51. The van der Waals surface area contributed by atoms with Crippen molar-refractivity contribution in [3.8, 4) is 0 Å². The van der Waals surface area contributed by atoms with Gasteiger partial charge in [-0.15, -0.1) is 0 Å². The molecule has 1 fully saturated rings. The predicted molar refractivity (Wildman–Crippen MR) is 71.7 cm³/mol. The van der Waals surface area contributed by atoms with Gasteiger partial charge in [0.25, 0.3) is 5.91 Å². The van der Waals surface area contributed by atoms with Gasteiger partial charge < -0.3 is 15.0 Å². The van der Waals surface area contributed by atoms with Crippen molar-refractivity contribution in [2.24, 2.45) is 0 Å². The number of carbonyl (C=O) groups is 3. The fraction of sp³-hybridized carbons (Fsp3) is 0.500. The van der Waals surface area contributed by atoms with Gasteiger partial charge in [-0.3, -0.25) is 14.4 Å². The number of hydrogen-bond donors (Lipinski definition) is 2. The lowest BCUT2D eigenvalue weighted by Crippen LogP contribution is -2.42. The second-order valence-electron chi connectivity index (χ2n) is 5.12. The zero-order chi connectivity index (χ0) is 14.7. The highest BCUT2D eigenvalue weighted by Gasteiger charge is 2.29. The van der Waals surface area contributed by atoms with E-state index in [0.29, 0.717) is 5.56 Å². The molecule has 1 heterocycles. The molecule has 108 valence electrons. The fourth-order valence-corrected chi connectivity index (χ4v) is 2.60. The maximum Gasteiger partial charge on any atom is 0.323 e. The van der Waals surface area contributed by atoms with Crippen LogP contribution in [0.4, 0.5) is 0 Å². The van der Waals surface area contributed by atoms with E-state index in [1.807, 2.05) is 0 Å². The number of amides is 1. The molecule has 0 atom stereocenters. The quantitative estimate of drug-likeness (QED) is 0.802. The number of hydrogen-bond acceptors (Lipinski definition) is 3. The number of Topliss-reactive ketones (excluding diaryl/α,β-unsaturated/α-hetero) is 1. The summed E-state index contributed by atoms with van der Waals surface area (Å²) in [6, 6.07) is 1.46. The van der Waals surface area contributed by atoms with E-state index in [9.17, 15) is 14.4 Å². The number of carboxylic acids is 1. The summed E-state index contributed by atoms with van der Waals surface area (Å²) < 4.78 is 0. The van der Waals surface area contributed by atoms with Gasteiger partial charge in [-0.1, -0.05) is 12.8 Å². The Hall–Kier alpha value is -2.11. The highest BCUT2D eigenvalue weighted by Crippen LogP contribution is 2.24. The van der Waals surface area contributed by atoms with Gasteiger partial charge in [-0.25, -0.2) is 0 Å². The Balaban J connectivity index is 2.19. The summed E-state index contributed by atoms with van der Waals surface area (Å²) in [4.78, 5) is 38.8. The first-order chi connectivity index (χ1) is 9.49. The van der Waals surface area contributed by atoms with Crippen molar-refractivity contribution in [2.45, 2.75) is 38.6 Å². The van der Waals surface area contributed by atoms with Crippen molar-refractivity contribution < 1.29 is 19.5 Å². The van der Waals surface area contributed by atoms with Crippen molar-refractivity contribution in [1.82, 2.24) is 9.88 Å². The number of aromatic amines is 1. The zero-order valence-electron chi connectivity index (χ0n) is 11.4. The SMILES string of the molecule is CC(=O)c1c[nH]c(C(=O)N(CC(=O)O)C2CCCC2)c1. The fourth-order valence-electron chi connectivity index (χ4n) is 2.60. The molecular formula is C14H18N2O4. The molecule has 6 heteroatoms. The van der Waals surface area contributed by atoms with Crippen LogP contribution in [0.5, 0.6) is 0 Å². The number of rotatable bonds is 5. The van der Waals surface area contributed by atoms with E-state index in [4.69, 9.17) is 5.11 Å². The van der Waals surface area contributed by atoms with Gasteiger partial charge >= 0.3 is 5.97 Å². The zero-order valence-corrected chi connectivity index (χ0v) is 11.4. The Morgan fingerprint density at radius 3 is 2.50 bits per heavy atom. The van der Waals surface area contributed by atoms with Gasteiger partial charge in [-0.2, -0.15) is 0 Å². The molecule has 2 N–H and O–H groups in total.